The summed E-state index contributed by atoms with van der Waals surface area (Å²) >= 11 is 5.73. The van der Waals surface area contributed by atoms with Crippen LogP contribution in [0.15, 0.2) is 36.4 Å². The van der Waals surface area contributed by atoms with Crippen LogP contribution in [0.5, 0.6) is 0 Å². The molecule has 0 atom stereocenters. The van der Waals surface area contributed by atoms with E-state index < -0.39 is 29.2 Å². The van der Waals surface area contributed by atoms with E-state index in [2.05, 4.69) is 4.98 Å². The number of alkyl halides is 3. The van der Waals surface area contributed by atoms with Crippen molar-refractivity contribution in [1.29, 1.82) is 0 Å². The lowest BCUT2D eigenvalue weighted by molar-refractivity contribution is -0.137. The molecular formula is C15H7ClF4N2O2. The Morgan fingerprint density at radius 2 is 1.88 bits per heavy atom. The summed E-state index contributed by atoms with van der Waals surface area (Å²) in [4.78, 5) is 15.4. The largest absolute Gasteiger partial charge is 0.464 e. The van der Waals surface area contributed by atoms with Gasteiger partial charge in [0.25, 0.3) is 0 Å². The molecular weight excluding hydrogens is 352 g/mol. The average molecular weight is 359 g/mol. The third-order valence-electron chi connectivity index (χ3n) is 3.37. The first kappa shape index (κ1) is 16.3. The molecule has 0 spiro atoms. The van der Waals surface area contributed by atoms with Gasteiger partial charge in [-0.2, -0.15) is 13.2 Å². The summed E-state index contributed by atoms with van der Waals surface area (Å²) in [7, 11) is 0. The molecule has 124 valence electrons. The van der Waals surface area contributed by atoms with Crippen molar-refractivity contribution in [3.63, 3.8) is 0 Å². The topological polar surface area (TPSA) is 55.1 Å². The third-order valence-corrected chi connectivity index (χ3v) is 3.58. The van der Waals surface area contributed by atoms with E-state index in [0.29, 0.717) is 10.6 Å². The fourth-order valence-corrected chi connectivity index (χ4v) is 2.56. The second kappa shape index (κ2) is 5.48. The van der Waals surface area contributed by atoms with Crippen molar-refractivity contribution in [3.8, 4) is 11.3 Å². The predicted molar refractivity (Wildman–Crippen MR) is 78.6 cm³/mol. The van der Waals surface area contributed by atoms with Gasteiger partial charge in [-0.05, 0) is 36.4 Å². The van der Waals surface area contributed by atoms with E-state index in [-0.39, 0.29) is 21.9 Å². The summed E-state index contributed by atoms with van der Waals surface area (Å²) in [6.45, 7) is 0. The molecule has 2 heterocycles. The Morgan fingerprint density at radius 1 is 1.17 bits per heavy atom. The lowest BCUT2D eigenvalue weighted by atomic mass is 10.0. The number of aromatic nitrogens is 2. The van der Waals surface area contributed by atoms with Crippen LogP contribution in [0.2, 0.25) is 5.15 Å². The van der Waals surface area contributed by atoms with Gasteiger partial charge in [0, 0.05) is 10.9 Å². The van der Waals surface area contributed by atoms with Gasteiger partial charge in [-0.1, -0.05) is 11.6 Å². The molecule has 9 heteroatoms. The minimum absolute atomic E-state index is 0.00944. The SMILES string of the molecule is O=C(O)n1c(-c2ccc(F)cc2C(F)(F)F)cc2ccc(Cl)nc21. The Bertz CT molecular complexity index is 966. The molecule has 24 heavy (non-hydrogen) atoms. The van der Waals surface area contributed by atoms with Crippen LogP contribution >= 0.6 is 11.6 Å². The first-order valence-electron chi connectivity index (χ1n) is 6.47. The second-order valence-electron chi connectivity index (χ2n) is 4.88. The fourth-order valence-electron chi connectivity index (χ4n) is 2.42. The highest BCUT2D eigenvalue weighted by Crippen LogP contribution is 2.39. The first-order chi connectivity index (χ1) is 11.2. The summed E-state index contributed by atoms with van der Waals surface area (Å²) in [6, 6.07) is 6.08. The van der Waals surface area contributed by atoms with Gasteiger partial charge in [-0.3, -0.25) is 0 Å². The summed E-state index contributed by atoms with van der Waals surface area (Å²) < 4.78 is 53.5. The smallest absolute Gasteiger partial charge is 0.417 e. The molecule has 0 bridgehead atoms. The van der Waals surface area contributed by atoms with Crippen LogP contribution < -0.4 is 0 Å². The molecule has 2 aromatic heterocycles. The van der Waals surface area contributed by atoms with Crippen LogP contribution in [0.1, 0.15) is 5.56 Å². The number of hydrogen-bond acceptors (Lipinski definition) is 2. The van der Waals surface area contributed by atoms with Crippen molar-refractivity contribution in [2.75, 3.05) is 0 Å². The average Bonchev–Trinajstić information content (AvgIpc) is 2.84. The quantitative estimate of drug-likeness (QED) is 0.489. The fraction of sp³-hybridized carbons (Fsp3) is 0.0667. The molecule has 1 aromatic carbocycles. The number of carboxylic acid groups (broad SMARTS) is 1. The highest BCUT2D eigenvalue weighted by molar-refractivity contribution is 6.29. The van der Waals surface area contributed by atoms with E-state index in [4.69, 9.17) is 11.6 Å². The summed E-state index contributed by atoms with van der Waals surface area (Å²) in [5, 5.41) is 9.65. The molecule has 0 aliphatic rings. The van der Waals surface area contributed by atoms with E-state index in [1.165, 1.54) is 18.2 Å². The molecule has 0 amide bonds. The molecule has 0 unspecified atom stereocenters. The number of pyridine rings is 1. The third kappa shape index (κ3) is 2.69. The maximum Gasteiger partial charge on any atom is 0.417 e. The second-order valence-corrected chi connectivity index (χ2v) is 5.27. The summed E-state index contributed by atoms with van der Waals surface area (Å²) in [5.41, 5.74) is -2.14. The first-order valence-corrected chi connectivity index (χ1v) is 6.84. The molecule has 3 aromatic rings. The Labute approximate surface area is 136 Å². The number of carbonyl (C=O) groups is 1. The van der Waals surface area contributed by atoms with Crippen molar-refractivity contribution in [2.45, 2.75) is 6.18 Å². The summed E-state index contributed by atoms with van der Waals surface area (Å²) in [6.07, 6.45) is -6.39. The van der Waals surface area contributed by atoms with Crippen molar-refractivity contribution in [1.82, 2.24) is 9.55 Å². The highest BCUT2D eigenvalue weighted by Gasteiger charge is 2.35. The molecule has 0 saturated carbocycles. The maximum atomic E-state index is 13.3. The Morgan fingerprint density at radius 3 is 2.50 bits per heavy atom. The van der Waals surface area contributed by atoms with Crippen molar-refractivity contribution in [2.24, 2.45) is 0 Å². The van der Waals surface area contributed by atoms with Crippen LogP contribution in [0.4, 0.5) is 22.4 Å². The van der Waals surface area contributed by atoms with Crippen LogP contribution in [-0.4, -0.2) is 20.8 Å². The number of nitrogens with zero attached hydrogens (tertiary/aromatic N) is 2. The van der Waals surface area contributed by atoms with Gasteiger partial charge in [-0.15, -0.1) is 0 Å². The summed E-state index contributed by atoms with van der Waals surface area (Å²) in [5.74, 6) is -1.08. The minimum Gasteiger partial charge on any atom is -0.464 e. The number of fused-ring (bicyclic) bond motifs is 1. The Balaban J connectivity index is 2.39. The van der Waals surface area contributed by atoms with E-state index in [1.807, 2.05) is 0 Å². The van der Waals surface area contributed by atoms with E-state index in [9.17, 15) is 27.5 Å². The zero-order valence-corrected chi connectivity index (χ0v) is 12.4. The van der Waals surface area contributed by atoms with E-state index in [1.54, 1.807) is 0 Å². The number of rotatable bonds is 1. The van der Waals surface area contributed by atoms with Crippen LogP contribution in [0.3, 0.4) is 0 Å². The zero-order chi connectivity index (χ0) is 17.6. The molecule has 0 fully saturated rings. The molecule has 3 rings (SSSR count). The Kier molecular flexibility index (Phi) is 3.71. The van der Waals surface area contributed by atoms with Crippen LogP contribution in [0, 0.1) is 5.82 Å². The van der Waals surface area contributed by atoms with Gasteiger partial charge < -0.3 is 5.11 Å². The molecule has 0 saturated heterocycles. The van der Waals surface area contributed by atoms with Crippen molar-refractivity contribution >= 4 is 28.7 Å². The molecule has 0 aliphatic heterocycles. The minimum atomic E-state index is -4.86. The van der Waals surface area contributed by atoms with Gasteiger partial charge in [0.15, 0.2) is 5.65 Å². The number of halogens is 5. The normalized spacial score (nSPS) is 11.9. The van der Waals surface area contributed by atoms with Gasteiger partial charge in [0.1, 0.15) is 11.0 Å². The zero-order valence-electron chi connectivity index (χ0n) is 11.6. The maximum absolute atomic E-state index is 13.3. The molecule has 1 N–H and O–H groups in total. The van der Waals surface area contributed by atoms with Crippen LogP contribution in [0.25, 0.3) is 22.3 Å². The van der Waals surface area contributed by atoms with E-state index >= 15 is 0 Å². The van der Waals surface area contributed by atoms with Gasteiger partial charge >= 0.3 is 12.3 Å². The van der Waals surface area contributed by atoms with Crippen molar-refractivity contribution < 1.29 is 27.5 Å². The number of hydrogen-bond donors (Lipinski definition) is 1. The van der Waals surface area contributed by atoms with E-state index in [0.717, 1.165) is 12.1 Å². The van der Waals surface area contributed by atoms with Crippen molar-refractivity contribution in [3.05, 3.63) is 52.9 Å². The van der Waals surface area contributed by atoms with Gasteiger partial charge in [0.2, 0.25) is 0 Å². The monoisotopic (exact) mass is 358 g/mol. The highest BCUT2D eigenvalue weighted by atomic mass is 35.5. The predicted octanol–water partition coefficient (Wildman–Crippen LogP) is 5.04. The van der Waals surface area contributed by atoms with Gasteiger partial charge in [0.05, 0.1) is 11.3 Å². The number of benzene rings is 1. The lowest BCUT2D eigenvalue weighted by Crippen LogP contribution is -2.13. The van der Waals surface area contributed by atoms with Gasteiger partial charge in [-0.25, -0.2) is 18.7 Å². The molecule has 4 nitrogen and oxygen atoms in total. The molecule has 0 radical (unpaired) electrons. The molecule has 0 aliphatic carbocycles. The van der Waals surface area contributed by atoms with Crippen LogP contribution in [-0.2, 0) is 6.18 Å². The Hall–Kier alpha value is -2.61. The lowest BCUT2D eigenvalue weighted by Gasteiger charge is -2.13. The standard InChI is InChI=1S/C15H7ClF4N2O2/c16-12-4-1-7-5-11(22(14(23)24)13(7)21-12)9-3-2-8(17)6-10(9)15(18,19)20/h1-6H,(H,23,24).